The van der Waals surface area contributed by atoms with Crippen molar-refractivity contribution in [1.82, 2.24) is 9.78 Å². The number of benzene rings is 1. The number of aliphatic hydroxyl groups excluding tert-OH is 1. The number of carbonyl (C=O) groups excluding carboxylic acids is 1. The van der Waals surface area contributed by atoms with E-state index in [4.69, 9.17) is 5.73 Å². The van der Waals surface area contributed by atoms with Crippen molar-refractivity contribution in [2.45, 2.75) is 26.3 Å². The van der Waals surface area contributed by atoms with Gasteiger partial charge in [-0.3, -0.25) is 9.48 Å². The predicted octanol–water partition coefficient (Wildman–Crippen LogP) is 2.34. The fourth-order valence-corrected chi connectivity index (χ4v) is 2.12. The summed E-state index contributed by atoms with van der Waals surface area (Å²) in [4.78, 5) is 11.5. The van der Waals surface area contributed by atoms with Gasteiger partial charge in [-0.1, -0.05) is 0 Å². The molecule has 3 N–H and O–H groups in total. The van der Waals surface area contributed by atoms with Crippen LogP contribution in [-0.2, 0) is 5.54 Å². The van der Waals surface area contributed by atoms with Gasteiger partial charge < -0.3 is 10.8 Å². The van der Waals surface area contributed by atoms with Gasteiger partial charge in [-0.05, 0) is 26.8 Å². The van der Waals surface area contributed by atoms with Crippen molar-refractivity contribution in [2.24, 2.45) is 0 Å². The van der Waals surface area contributed by atoms with Crippen molar-refractivity contribution < 1.29 is 18.7 Å². The Bertz CT molecular complexity index is 739. The van der Waals surface area contributed by atoms with E-state index in [1.54, 1.807) is 13.8 Å². The molecule has 0 aliphatic carbocycles. The molecule has 0 amide bonds. The Morgan fingerprint density at radius 1 is 1.45 bits per heavy atom. The molecule has 0 saturated heterocycles. The summed E-state index contributed by atoms with van der Waals surface area (Å²) < 4.78 is 30.0. The second kappa shape index (κ2) is 5.49. The zero-order valence-electron chi connectivity index (χ0n) is 12.5. The summed E-state index contributed by atoms with van der Waals surface area (Å²) in [7, 11) is 0. The SMILES string of the molecule is CC(=O)c1c(N)cc(F)c(-c2cnn(C(C)(C)CO)c2)c1F. The van der Waals surface area contributed by atoms with Crippen LogP contribution in [-0.4, -0.2) is 27.3 Å². The summed E-state index contributed by atoms with van der Waals surface area (Å²) in [5.74, 6) is -2.47. The molecule has 1 aromatic heterocycles. The Balaban J connectivity index is 2.64. The van der Waals surface area contributed by atoms with E-state index in [9.17, 15) is 18.7 Å². The minimum atomic E-state index is -1.01. The molecule has 118 valence electrons. The molecule has 22 heavy (non-hydrogen) atoms. The summed E-state index contributed by atoms with van der Waals surface area (Å²) in [6, 6.07) is 0.920. The third kappa shape index (κ3) is 2.59. The Hall–Kier alpha value is -2.28. The number of ketones is 1. The van der Waals surface area contributed by atoms with Gasteiger partial charge in [0.05, 0.1) is 29.5 Å². The average Bonchev–Trinajstić information content (AvgIpc) is 2.87. The van der Waals surface area contributed by atoms with Crippen LogP contribution in [0.2, 0.25) is 0 Å². The van der Waals surface area contributed by atoms with Crippen LogP contribution in [0.25, 0.3) is 11.1 Å². The number of anilines is 1. The summed E-state index contributed by atoms with van der Waals surface area (Å²) in [5, 5.41) is 13.3. The topological polar surface area (TPSA) is 81.1 Å². The molecule has 1 heterocycles. The molecule has 0 spiro atoms. The first-order valence-corrected chi connectivity index (χ1v) is 6.64. The molecule has 2 rings (SSSR count). The van der Waals surface area contributed by atoms with E-state index in [1.807, 2.05) is 0 Å². The Morgan fingerprint density at radius 3 is 2.64 bits per heavy atom. The summed E-state index contributed by atoms with van der Waals surface area (Å²) in [6.45, 7) is 4.41. The Kier molecular flexibility index (Phi) is 4.02. The minimum Gasteiger partial charge on any atom is -0.398 e. The number of rotatable bonds is 4. The molecule has 0 fully saturated rings. The molecule has 0 atom stereocenters. The lowest BCUT2D eigenvalue weighted by Crippen LogP contribution is -2.30. The molecule has 0 aliphatic rings. The van der Waals surface area contributed by atoms with Crippen LogP contribution in [0, 0.1) is 11.6 Å². The van der Waals surface area contributed by atoms with Gasteiger partial charge in [-0.15, -0.1) is 0 Å². The first kappa shape index (κ1) is 16.1. The zero-order chi connectivity index (χ0) is 16.7. The summed E-state index contributed by atoms with van der Waals surface area (Å²) >= 11 is 0. The van der Waals surface area contributed by atoms with Crippen LogP contribution < -0.4 is 5.73 Å². The Morgan fingerprint density at radius 2 is 2.09 bits per heavy atom. The van der Waals surface area contributed by atoms with E-state index in [1.165, 1.54) is 17.1 Å². The highest BCUT2D eigenvalue weighted by atomic mass is 19.1. The number of carbonyl (C=O) groups is 1. The lowest BCUT2D eigenvalue weighted by Gasteiger charge is -2.22. The Labute approximate surface area is 126 Å². The van der Waals surface area contributed by atoms with Gasteiger partial charge in [-0.2, -0.15) is 5.10 Å². The van der Waals surface area contributed by atoms with Crippen LogP contribution >= 0.6 is 0 Å². The number of nitrogens with two attached hydrogens (primary N) is 1. The lowest BCUT2D eigenvalue weighted by atomic mass is 10.00. The van der Waals surface area contributed by atoms with E-state index in [-0.39, 0.29) is 29.0 Å². The largest absolute Gasteiger partial charge is 0.398 e. The van der Waals surface area contributed by atoms with Gasteiger partial charge in [0.15, 0.2) is 5.78 Å². The number of nitrogens with zero attached hydrogens (tertiary/aromatic N) is 2. The van der Waals surface area contributed by atoms with Crippen molar-refractivity contribution in [3.8, 4) is 11.1 Å². The standard InChI is InChI=1S/C15H17F2N3O2/c1-8(22)12-11(18)4-10(16)13(14(12)17)9-5-19-20(6-9)15(2,3)7-21/h4-6,21H,7,18H2,1-3H3. The van der Waals surface area contributed by atoms with Gasteiger partial charge in [0, 0.05) is 17.4 Å². The quantitative estimate of drug-likeness (QED) is 0.671. The maximum Gasteiger partial charge on any atom is 0.164 e. The molecule has 0 saturated carbocycles. The fraction of sp³-hybridized carbons (Fsp3) is 0.333. The number of aromatic nitrogens is 2. The highest BCUT2D eigenvalue weighted by Gasteiger charge is 2.25. The molecule has 0 radical (unpaired) electrons. The number of Topliss-reactive ketones (excluding diaryl/α,β-unsaturated/α-hetero) is 1. The first-order chi connectivity index (χ1) is 10.2. The number of hydrogen-bond donors (Lipinski definition) is 2. The second-order valence-electron chi connectivity index (χ2n) is 5.71. The van der Waals surface area contributed by atoms with E-state index in [2.05, 4.69) is 5.10 Å². The van der Waals surface area contributed by atoms with Crippen LogP contribution in [0.4, 0.5) is 14.5 Å². The minimum absolute atomic E-state index is 0.166. The maximum atomic E-state index is 14.5. The van der Waals surface area contributed by atoms with Gasteiger partial charge in [0.1, 0.15) is 11.6 Å². The second-order valence-corrected chi connectivity index (χ2v) is 5.71. The molecule has 5 nitrogen and oxygen atoms in total. The van der Waals surface area contributed by atoms with Crippen LogP contribution in [0.15, 0.2) is 18.5 Å². The van der Waals surface area contributed by atoms with Crippen molar-refractivity contribution in [1.29, 1.82) is 0 Å². The monoisotopic (exact) mass is 309 g/mol. The fourth-order valence-electron chi connectivity index (χ4n) is 2.12. The van der Waals surface area contributed by atoms with Gasteiger partial charge in [0.25, 0.3) is 0 Å². The number of aliphatic hydroxyl groups is 1. The lowest BCUT2D eigenvalue weighted by molar-refractivity contribution is 0.101. The van der Waals surface area contributed by atoms with E-state index in [0.717, 1.165) is 13.0 Å². The van der Waals surface area contributed by atoms with Gasteiger partial charge in [-0.25, -0.2) is 8.78 Å². The molecule has 0 aliphatic heterocycles. The average molecular weight is 309 g/mol. The number of halogens is 2. The predicted molar refractivity (Wildman–Crippen MR) is 78.4 cm³/mol. The molecule has 1 aromatic carbocycles. The van der Waals surface area contributed by atoms with E-state index >= 15 is 0 Å². The van der Waals surface area contributed by atoms with E-state index < -0.39 is 23.0 Å². The highest BCUT2D eigenvalue weighted by Crippen LogP contribution is 2.32. The highest BCUT2D eigenvalue weighted by molar-refractivity contribution is 6.00. The zero-order valence-corrected chi connectivity index (χ0v) is 12.5. The van der Waals surface area contributed by atoms with Gasteiger partial charge >= 0.3 is 0 Å². The van der Waals surface area contributed by atoms with Crippen LogP contribution in [0.5, 0.6) is 0 Å². The number of hydrogen-bond acceptors (Lipinski definition) is 4. The molecule has 7 heteroatoms. The van der Waals surface area contributed by atoms with Crippen LogP contribution in [0.1, 0.15) is 31.1 Å². The molecular weight excluding hydrogens is 292 g/mol. The van der Waals surface area contributed by atoms with Crippen molar-refractivity contribution in [3.63, 3.8) is 0 Å². The summed E-state index contributed by atoms with van der Waals surface area (Å²) in [6.07, 6.45) is 2.69. The molecule has 0 bridgehead atoms. The summed E-state index contributed by atoms with van der Waals surface area (Å²) in [5.41, 5.74) is 4.01. The third-order valence-corrected chi connectivity index (χ3v) is 3.48. The van der Waals surface area contributed by atoms with Gasteiger partial charge in [0.2, 0.25) is 0 Å². The number of nitrogen functional groups attached to an aromatic ring is 1. The molecule has 2 aromatic rings. The van der Waals surface area contributed by atoms with Crippen LogP contribution in [0.3, 0.4) is 0 Å². The van der Waals surface area contributed by atoms with Crippen molar-refractivity contribution >= 4 is 11.5 Å². The third-order valence-electron chi connectivity index (χ3n) is 3.48. The first-order valence-electron chi connectivity index (χ1n) is 6.64. The van der Waals surface area contributed by atoms with Crippen molar-refractivity contribution in [2.75, 3.05) is 12.3 Å². The van der Waals surface area contributed by atoms with E-state index in [0.29, 0.717) is 0 Å². The smallest absolute Gasteiger partial charge is 0.164 e. The normalized spacial score (nSPS) is 11.7. The van der Waals surface area contributed by atoms with Crippen molar-refractivity contribution in [3.05, 3.63) is 35.7 Å². The maximum absolute atomic E-state index is 14.5. The molecule has 0 unspecified atom stereocenters. The molecular formula is C15H17F2N3O2.